The van der Waals surface area contributed by atoms with Gasteiger partial charge in [-0.25, -0.2) is 0 Å². The second-order valence-electron chi connectivity index (χ2n) is 3.91. The molecule has 0 aliphatic carbocycles. The molecule has 0 radical (unpaired) electrons. The summed E-state index contributed by atoms with van der Waals surface area (Å²) >= 11 is 1.81. The van der Waals surface area contributed by atoms with Crippen molar-refractivity contribution in [3.05, 3.63) is 35.4 Å². The Bertz CT molecular complexity index is 337. The number of benzene rings is 1. The Kier molecular flexibility index (Phi) is 5.35. The summed E-state index contributed by atoms with van der Waals surface area (Å²) < 4.78 is 0. The first-order chi connectivity index (χ1) is 7.63. The molecule has 88 valence electrons. The third-order valence-electron chi connectivity index (χ3n) is 2.25. The number of aliphatic hydroxyl groups is 1. The zero-order valence-electron chi connectivity index (χ0n) is 9.44. The van der Waals surface area contributed by atoms with Gasteiger partial charge in [-0.1, -0.05) is 31.2 Å². The number of nitrogens with one attached hydrogen (secondary N) is 1. The summed E-state index contributed by atoms with van der Waals surface area (Å²) in [6.07, 6.45) is 0. The van der Waals surface area contributed by atoms with E-state index < -0.39 is 0 Å². The van der Waals surface area contributed by atoms with Crippen LogP contribution in [-0.2, 0) is 5.75 Å². The molecule has 1 rings (SSSR count). The van der Waals surface area contributed by atoms with Crippen LogP contribution in [0.25, 0.3) is 0 Å². The smallest absolute Gasteiger partial charge is 0.122 e. The van der Waals surface area contributed by atoms with Crippen LogP contribution in [0.3, 0.4) is 0 Å². The molecule has 0 bridgehead atoms. The van der Waals surface area contributed by atoms with Crippen LogP contribution in [0.4, 0.5) is 0 Å². The molecule has 0 aliphatic rings. The molecule has 1 atom stereocenters. The van der Waals surface area contributed by atoms with Gasteiger partial charge in [-0.15, -0.1) is 0 Å². The Hall–Kier alpha value is -1.00. The molecule has 1 aromatic carbocycles. The Morgan fingerprint density at radius 3 is 2.56 bits per heavy atom. The van der Waals surface area contributed by atoms with E-state index in [-0.39, 0.29) is 12.4 Å². The fourth-order valence-electron chi connectivity index (χ4n) is 1.21. The lowest BCUT2D eigenvalue weighted by molar-refractivity contribution is 0.250. The molecule has 4 heteroatoms. The predicted octanol–water partition coefficient (Wildman–Crippen LogP) is 1.83. The first kappa shape index (κ1) is 13.1. The summed E-state index contributed by atoms with van der Waals surface area (Å²) in [5.74, 6) is 2.35. The van der Waals surface area contributed by atoms with Gasteiger partial charge in [-0.2, -0.15) is 11.8 Å². The monoisotopic (exact) mass is 238 g/mol. The number of hydrogen-bond donors (Lipinski definition) is 3. The van der Waals surface area contributed by atoms with E-state index in [1.165, 1.54) is 5.56 Å². The van der Waals surface area contributed by atoms with Gasteiger partial charge >= 0.3 is 0 Å². The lowest BCUT2D eigenvalue weighted by atomic mass is 10.1. The quantitative estimate of drug-likeness (QED) is 0.523. The maximum Gasteiger partial charge on any atom is 0.122 e. The van der Waals surface area contributed by atoms with Gasteiger partial charge in [0, 0.05) is 17.9 Å². The average molecular weight is 238 g/mol. The standard InChI is InChI=1S/C12H18N2OS/c1-9(6-15)7-16-8-10-2-4-11(5-3-10)12(13)14/h2-5,9,15H,6-8H2,1H3,(H3,13,14). The third kappa shape index (κ3) is 4.24. The molecular weight excluding hydrogens is 220 g/mol. The Labute approximate surface area is 101 Å². The van der Waals surface area contributed by atoms with E-state index in [4.69, 9.17) is 16.2 Å². The number of nitrogen functional groups attached to an aromatic ring is 1. The number of hydrogen-bond acceptors (Lipinski definition) is 3. The van der Waals surface area contributed by atoms with Gasteiger partial charge in [0.05, 0.1) is 0 Å². The van der Waals surface area contributed by atoms with E-state index in [1.54, 1.807) is 0 Å². The van der Waals surface area contributed by atoms with Crippen molar-refractivity contribution >= 4 is 17.6 Å². The molecule has 0 fully saturated rings. The van der Waals surface area contributed by atoms with Crippen molar-refractivity contribution in [2.45, 2.75) is 12.7 Å². The second kappa shape index (κ2) is 6.55. The zero-order chi connectivity index (χ0) is 12.0. The normalized spacial score (nSPS) is 12.4. The van der Waals surface area contributed by atoms with Gasteiger partial charge in [0.2, 0.25) is 0 Å². The third-order valence-corrected chi connectivity index (χ3v) is 3.59. The van der Waals surface area contributed by atoms with Crippen LogP contribution in [-0.4, -0.2) is 23.3 Å². The summed E-state index contributed by atoms with van der Waals surface area (Å²) in [5.41, 5.74) is 7.36. The Balaban J connectivity index is 2.40. The molecule has 0 saturated carbocycles. The number of amidine groups is 1. The molecule has 1 unspecified atom stereocenters. The van der Waals surface area contributed by atoms with E-state index in [0.29, 0.717) is 5.92 Å². The number of rotatable bonds is 6. The summed E-state index contributed by atoms with van der Waals surface area (Å²) in [6.45, 7) is 2.28. The van der Waals surface area contributed by atoms with Crippen LogP contribution in [0.5, 0.6) is 0 Å². The van der Waals surface area contributed by atoms with Crippen molar-refractivity contribution in [3.8, 4) is 0 Å². The fraction of sp³-hybridized carbons (Fsp3) is 0.417. The molecule has 0 aliphatic heterocycles. The van der Waals surface area contributed by atoms with Crippen molar-refractivity contribution < 1.29 is 5.11 Å². The molecule has 0 aromatic heterocycles. The zero-order valence-corrected chi connectivity index (χ0v) is 10.3. The predicted molar refractivity (Wildman–Crippen MR) is 69.9 cm³/mol. The van der Waals surface area contributed by atoms with E-state index in [9.17, 15) is 0 Å². The molecule has 1 aromatic rings. The van der Waals surface area contributed by atoms with Crippen LogP contribution in [0.2, 0.25) is 0 Å². The summed E-state index contributed by atoms with van der Waals surface area (Å²) in [4.78, 5) is 0. The number of thioether (sulfide) groups is 1. The average Bonchev–Trinajstić information content (AvgIpc) is 2.29. The number of nitrogens with two attached hydrogens (primary N) is 1. The first-order valence-electron chi connectivity index (χ1n) is 5.25. The highest BCUT2D eigenvalue weighted by Crippen LogP contribution is 2.15. The maximum atomic E-state index is 8.88. The van der Waals surface area contributed by atoms with Gasteiger partial charge in [0.1, 0.15) is 5.84 Å². The van der Waals surface area contributed by atoms with Crippen LogP contribution >= 0.6 is 11.8 Å². The van der Waals surface area contributed by atoms with E-state index in [2.05, 4.69) is 0 Å². The highest BCUT2D eigenvalue weighted by molar-refractivity contribution is 7.98. The Morgan fingerprint density at radius 1 is 1.44 bits per heavy atom. The molecule has 0 amide bonds. The van der Waals surface area contributed by atoms with Gasteiger partial charge in [0.25, 0.3) is 0 Å². The summed E-state index contributed by atoms with van der Waals surface area (Å²) in [7, 11) is 0. The van der Waals surface area contributed by atoms with Crippen LogP contribution < -0.4 is 5.73 Å². The topological polar surface area (TPSA) is 70.1 Å². The minimum Gasteiger partial charge on any atom is -0.396 e. The van der Waals surface area contributed by atoms with Crippen LogP contribution in [0.15, 0.2) is 24.3 Å². The van der Waals surface area contributed by atoms with Crippen LogP contribution in [0.1, 0.15) is 18.1 Å². The minimum atomic E-state index is 0.105. The SMILES string of the molecule is CC(CO)CSCc1ccc(C(=N)N)cc1. The van der Waals surface area contributed by atoms with E-state index in [0.717, 1.165) is 17.1 Å². The highest BCUT2D eigenvalue weighted by Gasteiger charge is 2.01. The van der Waals surface area contributed by atoms with Gasteiger partial charge in [-0.3, -0.25) is 5.41 Å². The van der Waals surface area contributed by atoms with Crippen LogP contribution in [0, 0.1) is 11.3 Å². The maximum absolute atomic E-state index is 8.88. The molecule has 4 N–H and O–H groups in total. The fourth-order valence-corrected chi connectivity index (χ4v) is 2.26. The molecule has 0 heterocycles. The van der Waals surface area contributed by atoms with Crippen molar-refractivity contribution in [1.82, 2.24) is 0 Å². The van der Waals surface area contributed by atoms with Gasteiger partial charge in [-0.05, 0) is 17.2 Å². The van der Waals surface area contributed by atoms with Gasteiger partial charge in [0.15, 0.2) is 0 Å². The number of aliphatic hydroxyl groups excluding tert-OH is 1. The highest BCUT2D eigenvalue weighted by atomic mass is 32.2. The first-order valence-corrected chi connectivity index (χ1v) is 6.41. The lowest BCUT2D eigenvalue weighted by Crippen LogP contribution is -2.10. The van der Waals surface area contributed by atoms with Crippen molar-refractivity contribution in [3.63, 3.8) is 0 Å². The van der Waals surface area contributed by atoms with Crippen molar-refractivity contribution in [1.29, 1.82) is 5.41 Å². The largest absolute Gasteiger partial charge is 0.396 e. The summed E-state index contributed by atoms with van der Waals surface area (Å²) in [6, 6.07) is 7.72. The van der Waals surface area contributed by atoms with Gasteiger partial charge < -0.3 is 10.8 Å². The molecule has 0 spiro atoms. The second-order valence-corrected chi connectivity index (χ2v) is 4.94. The van der Waals surface area contributed by atoms with Crippen molar-refractivity contribution in [2.75, 3.05) is 12.4 Å². The van der Waals surface area contributed by atoms with E-state index >= 15 is 0 Å². The molecular formula is C12H18N2OS. The summed E-state index contributed by atoms with van der Waals surface area (Å²) in [5, 5.41) is 16.1. The molecule has 0 saturated heterocycles. The lowest BCUT2D eigenvalue weighted by Gasteiger charge is -2.07. The minimum absolute atomic E-state index is 0.105. The van der Waals surface area contributed by atoms with Crippen molar-refractivity contribution in [2.24, 2.45) is 11.7 Å². The van der Waals surface area contributed by atoms with E-state index in [1.807, 2.05) is 43.0 Å². The molecule has 16 heavy (non-hydrogen) atoms. The Morgan fingerprint density at radius 2 is 2.06 bits per heavy atom. The molecule has 3 nitrogen and oxygen atoms in total.